The molecule has 0 atom stereocenters. The molecule has 0 saturated heterocycles. The lowest BCUT2D eigenvalue weighted by Gasteiger charge is -2.04. The van der Waals surface area contributed by atoms with Crippen molar-refractivity contribution in [2.45, 2.75) is 33.4 Å². The van der Waals surface area contributed by atoms with E-state index in [1.54, 1.807) is 11.3 Å². The molecule has 5 heteroatoms. The molecule has 3 nitrogen and oxygen atoms in total. The summed E-state index contributed by atoms with van der Waals surface area (Å²) in [6.45, 7) is 6.96. The van der Waals surface area contributed by atoms with Crippen LogP contribution in [0, 0.1) is 6.92 Å². The molecule has 0 aliphatic heterocycles. The van der Waals surface area contributed by atoms with Gasteiger partial charge >= 0.3 is 0 Å². The molecule has 0 saturated carbocycles. The maximum atomic E-state index is 6.29. The van der Waals surface area contributed by atoms with Crippen LogP contribution < -0.4 is 5.32 Å². The van der Waals surface area contributed by atoms with Crippen LogP contribution in [0.4, 0.5) is 0 Å². The van der Waals surface area contributed by atoms with Crippen molar-refractivity contribution >= 4 is 22.9 Å². The van der Waals surface area contributed by atoms with Crippen LogP contribution in [0.1, 0.15) is 24.4 Å². The maximum Gasteiger partial charge on any atom is 0.149 e. The van der Waals surface area contributed by atoms with E-state index in [0.29, 0.717) is 6.04 Å². The lowest BCUT2D eigenvalue weighted by molar-refractivity contribution is 0.585. The Hall–Kier alpha value is -0.970. The summed E-state index contributed by atoms with van der Waals surface area (Å²) >= 11 is 7.87. The minimum Gasteiger partial charge on any atom is -0.308 e. The molecule has 0 aliphatic carbocycles. The van der Waals surface area contributed by atoms with E-state index in [4.69, 9.17) is 11.6 Å². The molecule has 2 aromatic rings. The van der Waals surface area contributed by atoms with Crippen molar-refractivity contribution in [3.8, 4) is 10.6 Å². The highest BCUT2D eigenvalue weighted by Crippen LogP contribution is 2.32. The van der Waals surface area contributed by atoms with Crippen LogP contribution in [0.3, 0.4) is 0 Å². The van der Waals surface area contributed by atoms with E-state index in [1.807, 2.05) is 25.1 Å². The summed E-state index contributed by atoms with van der Waals surface area (Å²) in [6, 6.07) is 6.41. The van der Waals surface area contributed by atoms with Gasteiger partial charge < -0.3 is 5.32 Å². The Balaban J connectivity index is 2.21. The molecule has 96 valence electrons. The number of benzene rings is 1. The van der Waals surface area contributed by atoms with E-state index in [9.17, 15) is 0 Å². The summed E-state index contributed by atoms with van der Waals surface area (Å²) in [7, 11) is 0. The lowest BCUT2D eigenvalue weighted by Crippen LogP contribution is -2.21. The number of hydrogen-bond donors (Lipinski definition) is 1. The van der Waals surface area contributed by atoms with Crippen LogP contribution >= 0.6 is 22.9 Å². The number of halogens is 1. The van der Waals surface area contributed by atoms with Gasteiger partial charge in [0.15, 0.2) is 0 Å². The second kappa shape index (κ2) is 5.78. The van der Waals surface area contributed by atoms with Crippen molar-refractivity contribution < 1.29 is 0 Å². The van der Waals surface area contributed by atoms with Crippen LogP contribution in [0.15, 0.2) is 18.2 Å². The average molecular weight is 282 g/mol. The Bertz CT molecular complexity index is 537. The highest BCUT2D eigenvalue weighted by atomic mass is 35.5. The van der Waals surface area contributed by atoms with Gasteiger partial charge in [0.25, 0.3) is 0 Å². The van der Waals surface area contributed by atoms with Crippen LogP contribution in [0.2, 0.25) is 5.02 Å². The Morgan fingerprint density at radius 2 is 2.11 bits per heavy atom. The fourth-order valence-corrected chi connectivity index (χ4v) is 2.63. The van der Waals surface area contributed by atoms with Crippen molar-refractivity contribution in [2.24, 2.45) is 0 Å². The minimum atomic E-state index is 0.444. The van der Waals surface area contributed by atoms with Crippen molar-refractivity contribution in [3.05, 3.63) is 33.8 Å². The van der Waals surface area contributed by atoms with Crippen molar-refractivity contribution in [3.63, 3.8) is 0 Å². The van der Waals surface area contributed by atoms with Crippen LogP contribution in [0.25, 0.3) is 10.6 Å². The third-order valence-electron chi connectivity index (χ3n) is 2.55. The summed E-state index contributed by atoms with van der Waals surface area (Å²) in [5.41, 5.74) is 2.02. The average Bonchev–Trinajstić information content (AvgIpc) is 2.78. The summed E-state index contributed by atoms with van der Waals surface area (Å²) in [4.78, 5) is 0. The maximum absolute atomic E-state index is 6.29. The Labute approximate surface area is 116 Å². The molecule has 1 aromatic heterocycles. The summed E-state index contributed by atoms with van der Waals surface area (Å²) in [5.74, 6) is 0. The van der Waals surface area contributed by atoms with Crippen LogP contribution in [-0.2, 0) is 6.54 Å². The predicted molar refractivity (Wildman–Crippen MR) is 77.1 cm³/mol. The monoisotopic (exact) mass is 281 g/mol. The second-order valence-electron chi connectivity index (χ2n) is 4.47. The van der Waals surface area contributed by atoms with Gasteiger partial charge in [-0.25, -0.2) is 0 Å². The molecule has 0 unspecified atom stereocenters. The standard InChI is InChI=1S/C13H16ClN3S/c1-8(2)15-7-11-16-17-13(18-11)10-6-4-5-9(3)12(10)14/h4-6,8,15H,7H2,1-3H3. The number of aryl methyl sites for hydroxylation is 1. The number of rotatable bonds is 4. The van der Waals surface area contributed by atoms with Crippen LogP contribution in [-0.4, -0.2) is 16.2 Å². The molecule has 0 spiro atoms. The van der Waals surface area contributed by atoms with E-state index >= 15 is 0 Å². The summed E-state index contributed by atoms with van der Waals surface area (Å²) in [6.07, 6.45) is 0. The molecule has 0 amide bonds. The molecular weight excluding hydrogens is 266 g/mol. The lowest BCUT2D eigenvalue weighted by atomic mass is 10.1. The second-order valence-corrected chi connectivity index (χ2v) is 5.91. The summed E-state index contributed by atoms with van der Waals surface area (Å²) in [5, 5.41) is 14.3. The molecule has 0 fully saturated rings. The highest BCUT2D eigenvalue weighted by molar-refractivity contribution is 7.14. The normalized spacial score (nSPS) is 11.2. The first-order valence-corrected chi connectivity index (χ1v) is 7.08. The fourth-order valence-electron chi connectivity index (χ4n) is 1.54. The van der Waals surface area contributed by atoms with Gasteiger partial charge in [-0.3, -0.25) is 0 Å². The van der Waals surface area contributed by atoms with E-state index in [0.717, 1.165) is 32.7 Å². The molecule has 0 aliphatic rings. The van der Waals surface area contributed by atoms with Crippen LogP contribution in [0.5, 0.6) is 0 Å². The first-order chi connectivity index (χ1) is 8.58. The van der Waals surface area contributed by atoms with Gasteiger partial charge in [0.05, 0.1) is 5.02 Å². The van der Waals surface area contributed by atoms with Gasteiger partial charge in [-0.05, 0) is 12.5 Å². The third-order valence-corrected chi connectivity index (χ3v) is 4.01. The fraction of sp³-hybridized carbons (Fsp3) is 0.385. The van der Waals surface area contributed by atoms with Gasteiger partial charge in [0, 0.05) is 18.2 Å². The first-order valence-electron chi connectivity index (χ1n) is 5.89. The zero-order chi connectivity index (χ0) is 13.1. The molecule has 1 N–H and O–H groups in total. The van der Waals surface area contributed by atoms with Gasteiger partial charge in [0.2, 0.25) is 0 Å². The summed E-state index contributed by atoms with van der Waals surface area (Å²) < 4.78 is 0. The third kappa shape index (κ3) is 3.07. The predicted octanol–water partition coefficient (Wildman–Crippen LogP) is 3.66. The Morgan fingerprint density at radius 1 is 1.33 bits per heavy atom. The van der Waals surface area contributed by atoms with Gasteiger partial charge in [-0.1, -0.05) is 55.0 Å². The van der Waals surface area contributed by atoms with Gasteiger partial charge in [-0.15, -0.1) is 10.2 Å². The Morgan fingerprint density at radius 3 is 2.83 bits per heavy atom. The topological polar surface area (TPSA) is 37.8 Å². The smallest absolute Gasteiger partial charge is 0.149 e. The molecule has 2 rings (SSSR count). The minimum absolute atomic E-state index is 0.444. The van der Waals surface area contributed by atoms with Crippen molar-refractivity contribution in [2.75, 3.05) is 0 Å². The zero-order valence-electron chi connectivity index (χ0n) is 10.7. The van der Waals surface area contributed by atoms with Crippen molar-refractivity contribution in [1.82, 2.24) is 15.5 Å². The SMILES string of the molecule is Cc1cccc(-c2nnc(CNC(C)C)s2)c1Cl. The number of nitrogens with zero attached hydrogens (tertiary/aromatic N) is 2. The highest BCUT2D eigenvalue weighted by Gasteiger charge is 2.11. The largest absolute Gasteiger partial charge is 0.308 e. The number of aromatic nitrogens is 2. The van der Waals surface area contributed by atoms with E-state index in [-0.39, 0.29) is 0 Å². The quantitative estimate of drug-likeness (QED) is 0.929. The Kier molecular flexibility index (Phi) is 4.32. The molecule has 1 aromatic carbocycles. The molecule has 0 radical (unpaired) electrons. The van der Waals surface area contributed by atoms with E-state index in [2.05, 4.69) is 29.4 Å². The molecular formula is C13H16ClN3S. The van der Waals surface area contributed by atoms with Gasteiger partial charge in [0.1, 0.15) is 10.0 Å². The zero-order valence-corrected chi connectivity index (χ0v) is 12.3. The molecule has 1 heterocycles. The molecule has 0 bridgehead atoms. The molecule has 18 heavy (non-hydrogen) atoms. The first kappa shape index (κ1) is 13.5. The van der Waals surface area contributed by atoms with E-state index in [1.165, 1.54) is 0 Å². The van der Waals surface area contributed by atoms with E-state index < -0.39 is 0 Å². The number of hydrogen-bond acceptors (Lipinski definition) is 4. The van der Waals surface area contributed by atoms with Gasteiger partial charge in [-0.2, -0.15) is 0 Å². The van der Waals surface area contributed by atoms with Crippen molar-refractivity contribution in [1.29, 1.82) is 0 Å². The number of nitrogens with one attached hydrogen (secondary N) is 1.